The Morgan fingerprint density at radius 2 is 2.00 bits per heavy atom. The summed E-state index contributed by atoms with van der Waals surface area (Å²) in [7, 11) is 4.23. The largest absolute Gasteiger partial charge is 0.384 e. The van der Waals surface area contributed by atoms with Crippen LogP contribution in [0.25, 0.3) is 0 Å². The van der Waals surface area contributed by atoms with Crippen LogP contribution in [0.1, 0.15) is 24.0 Å². The number of nitrogens with one attached hydrogen (secondary N) is 1. The minimum absolute atomic E-state index is 0.0829. The van der Waals surface area contributed by atoms with Crippen LogP contribution in [0.5, 0.6) is 0 Å². The highest BCUT2D eigenvalue weighted by atomic mass is 19.1. The first-order chi connectivity index (χ1) is 9.94. The molecular formula is C16H25FN4. The van der Waals surface area contributed by atoms with Gasteiger partial charge in [0, 0.05) is 18.7 Å². The Morgan fingerprint density at radius 3 is 2.57 bits per heavy atom. The summed E-state index contributed by atoms with van der Waals surface area (Å²) in [6.45, 7) is 3.96. The van der Waals surface area contributed by atoms with E-state index in [0.29, 0.717) is 5.56 Å². The molecule has 0 unspecified atom stereocenters. The van der Waals surface area contributed by atoms with Gasteiger partial charge in [-0.05, 0) is 69.7 Å². The highest BCUT2D eigenvalue weighted by molar-refractivity contribution is 5.95. The number of rotatable bonds is 5. The zero-order valence-electron chi connectivity index (χ0n) is 12.9. The molecule has 1 aliphatic heterocycles. The summed E-state index contributed by atoms with van der Waals surface area (Å²) in [6, 6.07) is 4.67. The average molecular weight is 292 g/mol. The molecule has 116 valence electrons. The molecule has 1 aromatic rings. The zero-order chi connectivity index (χ0) is 15.4. The number of hydrogen-bond acceptors (Lipinski definition) is 3. The van der Waals surface area contributed by atoms with Gasteiger partial charge in [-0.2, -0.15) is 0 Å². The van der Waals surface area contributed by atoms with Gasteiger partial charge in [-0.1, -0.05) is 0 Å². The molecule has 2 rings (SSSR count). The van der Waals surface area contributed by atoms with Crippen molar-refractivity contribution in [1.29, 1.82) is 5.41 Å². The van der Waals surface area contributed by atoms with Crippen LogP contribution in [-0.4, -0.2) is 49.4 Å². The summed E-state index contributed by atoms with van der Waals surface area (Å²) in [6.07, 6.45) is 2.38. The molecule has 21 heavy (non-hydrogen) atoms. The van der Waals surface area contributed by atoms with Crippen LogP contribution in [0.3, 0.4) is 0 Å². The zero-order valence-corrected chi connectivity index (χ0v) is 12.9. The fourth-order valence-electron chi connectivity index (χ4n) is 3.00. The quantitative estimate of drug-likeness (QED) is 0.643. The van der Waals surface area contributed by atoms with E-state index in [-0.39, 0.29) is 11.7 Å². The number of halogens is 1. The minimum atomic E-state index is -0.319. The van der Waals surface area contributed by atoms with E-state index in [1.165, 1.54) is 18.9 Å². The SMILES string of the molecule is CN(C)CC1CCN(Cc2cc(F)cc(C(=N)N)c2)CC1. The van der Waals surface area contributed by atoms with Crippen molar-refractivity contribution < 1.29 is 4.39 Å². The number of likely N-dealkylation sites (tertiary alicyclic amines) is 1. The van der Waals surface area contributed by atoms with Gasteiger partial charge in [0.1, 0.15) is 11.7 Å². The van der Waals surface area contributed by atoms with E-state index in [4.69, 9.17) is 11.1 Å². The summed E-state index contributed by atoms with van der Waals surface area (Å²) in [5, 5.41) is 7.43. The van der Waals surface area contributed by atoms with E-state index in [2.05, 4.69) is 23.9 Å². The monoisotopic (exact) mass is 292 g/mol. The van der Waals surface area contributed by atoms with Crippen molar-refractivity contribution in [2.24, 2.45) is 11.7 Å². The van der Waals surface area contributed by atoms with Crippen molar-refractivity contribution in [3.05, 3.63) is 35.1 Å². The Kier molecular flexibility index (Phi) is 5.31. The smallest absolute Gasteiger partial charge is 0.124 e. The first-order valence-electron chi connectivity index (χ1n) is 7.45. The molecule has 0 aliphatic carbocycles. The van der Waals surface area contributed by atoms with Gasteiger partial charge >= 0.3 is 0 Å². The van der Waals surface area contributed by atoms with Gasteiger partial charge in [0.2, 0.25) is 0 Å². The second-order valence-corrected chi connectivity index (χ2v) is 6.24. The van der Waals surface area contributed by atoms with E-state index >= 15 is 0 Å². The second kappa shape index (κ2) is 7.00. The third-order valence-electron chi connectivity index (χ3n) is 4.01. The molecule has 1 heterocycles. The van der Waals surface area contributed by atoms with Gasteiger partial charge in [-0.25, -0.2) is 4.39 Å². The summed E-state index contributed by atoms with van der Waals surface area (Å²) in [5.74, 6) is 0.358. The minimum Gasteiger partial charge on any atom is -0.384 e. The van der Waals surface area contributed by atoms with Crippen LogP contribution in [0.2, 0.25) is 0 Å². The summed E-state index contributed by atoms with van der Waals surface area (Å²) in [5.41, 5.74) is 6.81. The van der Waals surface area contributed by atoms with Crippen LogP contribution in [0, 0.1) is 17.1 Å². The molecule has 1 aliphatic rings. The molecular weight excluding hydrogens is 267 g/mol. The molecule has 1 saturated heterocycles. The molecule has 0 aromatic heterocycles. The Bertz CT molecular complexity index is 493. The van der Waals surface area contributed by atoms with Crippen molar-refractivity contribution >= 4 is 5.84 Å². The first-order valence-corrected chi connectivity index (χ1v) is 7.45. The maximum absolute atomic E-state index is 13.6. The van der Waals surface area contributed by atoms with Crippen molar-refractivity contribution in [2.75, 3.05) is 33.7 Å². The molecule has 0 saturated carbocycles. The molecule has 0 radical (unpaired) electrons. The van der Waals surface area contributed by atoms with Gasteiger partial charge in [-0.3, -0.25) is 10.3 Å². The molecule has 4 nitrogen and oxygen atoms in total. The predicted molar refractivity (Wildman–Crippen MR) is 84.0 cm³/mol. The number of nitrogens with two attached hydrogens (primary N) is 1. The van der Waals surface area contributed by atoms with E-state index in [0.717, 1.165) is 37.7 Å². The van der Waals surface area contributed by atoms with Crippen LogP contribution >= 0.6 is 0 Å². The lowest BCUT2D eigenvalue weighted by Gasteiger charge is -2.33. The number of benzene rings is 1. The number of nitrogens with zero attached hydrogens (tertiary/aromatic N) is 2. The predicted octanol–water partition coefficient (Wildman–Crippen LogP) is 1.88. The lowest BCUT2D eigenvalue weighted by atomic mass is 9.96. The number of nitrogen functional groups attached to an aromatic ring is 1. The molecule has 0 spiro atoms. The normalized spacial score (nSPS) is 17.3. The van der Waals surface area contributed by atoms with Crippen LogP contribution in [0.4, 0.5) is 4.39 Å². The molecule has 0 amide bonds. The van der Waals surface area contributed by atoms with E-state index in [9.17, 15) is 4.39 Å². The third-order valence-corrected chi connectivity index (χ3v) is 4.01. The van der Waals surface area contributed by atoms with Crippen LogP contribution < -0.4 is 5.73 Å². The van der Waals surface area contributed by atoms with Crippen LogP contribution in [-0.2, 0) is 6.54 Å². The molecule has 1 fully saturated rings. The van der Waals surface area contributed by atoms with Crippen molar-refractivity contribution in [2.45, 2.75) is 19.4 Å². The summed E-state index contributed by atoms with van der Waals surface area (Å²) in [4.78, 5) is 4.59. The molecule has 0 atom stereocenters. The average Bonchev–Trinajstić information content (AvgIpc) is 2.39. The number of amidine groups is 1. The Morgan fingerprint density at radius 1 is 1.33 bits per heavy atom. The molecule has 3 N–H and O–H groups in total. The maximum atomic E-state index is 13.6. The van der Waals surface area contributed by atoms with Crippen molar-refractivity contribution in [3.8, 4) is 0 Å². The fourth-order valence-corrected chi connectivity index (χ4v) is 3.00. The van der Waals surface area contributed by atoms with Crippen molar-refractivity contribution in [1.82, 2.24) is 9.80 Å². The fraction of sp³-hybridized carbons (Fsp3) is 0.562. The van der Waals surface area contributed by atoms with Crippen LogP contribution in [0.15, 0.2) is 18.2 Å². The number of hydrogen-bond donors (Lipinski definition) is 2. The Labute approximate surface area is 126 Å². The second-order valence-electron chi connectivity index (χ2n) is 6.24. The van der Waals surface area contributed by atoms with Gasteiger partial charge in [0.25, 0.3) is 0 Å². The van der Waals surface area contributed by atoms with E-state index in [1.54, 1.807) is 6.07 Å². The third kappa shape index (κ3) is 4.79. The van der Waals surface area contributed by atoms with E-state index in [1.807, 2.05) is 6.07 Å². The van der Waals surface area contributed by atoms with Gasteiger partial charge < -0.3 is 10.6 Å². The van der Waals surface area contributed by atoms with Gasteiger partial charge in [0.05, 0.1) is 0 Å². The number of piperidine rings is 1. The summed E-state index contributed by atoms with van der Waals surface area (Å²) >= 11 is 0. The van der Waals surface area contributed by atoms with Gasteiger partial charge in [0.15, 0.2) is 0 Å². The summed E-state index contributed by atoms with van der Waals surface area (Å²) < 4.78 is 13.6. The topological polar surface area (TPSA) is 56.4 Å². The highest BCUT2D eigenvalue weighted by Gasteiger charge is 2.20. The molecule has 5 heteroatoms. The van der Waals surface area contributed by atoms with Gasteiger partial charge in [-0.15, -0.1) is 0 Å². The van der Waals surface area contributed by atoms with Crippen molar-refractivity contribution in [3.63, 3.8) is 0 Å². The van der Waals surface area contributed by atoms with E-state index < -0.39 is 0 Å². The Balaban J connectivity index is 1.93. The lowest BCUT2D eigenvalue weighted by Crippen LogP contribution is -2.36. The highest BCUT2D eigenvalue weighted by Crippen LogP contribution is 2.20. The standard InChI is InChI=1S/C16H25FN4/c1-20(2)10-12-3-5-21(6-4-12)11-13-7-14(16(18)19)9-15(17)8-13/h7-9,12H,3-6,10-11H2,1-2H3,(H3,18,19). The Hall–Kier alpha value is -1.46. The maximum Gasteiger partial charge on any atom is 0.124 e. The lowest BCUT2D eigenvalue weighted by molar-refractivity contribution is 0.157. The molecule has 0 bridgehead atoms. The first kappa shape index (κ1) is 15.9. The molecule has 1 aromatic carbocycles.